The van der Waals surface area contributed by atoms with Crippen molar-refractivity contribution in [2.24, 2.45) is 4.99 Å². The topological polar surface area (TPSA) is 51.2 Å². The van der Waals surface area contributed by atoms with Crippen LogP contribution < -0.4 is 5.32 Å². The normalized spacial score (nSPS) is 20.5. The lowest BCUT2D eigenvalue weighted by atomic mass is 10.2. The largest absolute Gasteiger partial charge is 0.357 e. The minimum atomic E-state index is -0.0112. The van der Waals surface area contributed by atoms with Crippen LogP contribution in [0.1, 0.15) is 26.7 Å². The first-order valence-corrected chi connectivity index (χ1v) is 8.84. The van der Waals surface area contributed by atoms with E-state index in [9.17, 15) is 4.79 Å². The molecule has 1 unspecified atom stereocenters. The first kappa shape index (κ1) is 21.2. The van der Waals surface area contributed by atoms with Crippen molar-refractivity contribution in [1.29, 1.82) is 0 Å². The van der Waals surface area contributed by atoms with Gasteiger partial charge in [-0.15, -0.1) is 30.6 Å². The molecule has 1 atom stereocenters. The monoisotopic (exact) mass is 449 g/mol. The lowest BCUT2D eigenvalue weighted by Gasteiger charge is -2.39. The Morgan fingerprint density at radius 1 is 1.17 bits per heavy atom. The molecule has 7 heteroatoms. The standard InChI is InChI=1S/C17H31N5O.HI/c1-4-8-19-17(18-5-2)22-13-11-20(12-14-22)15(3)16(23)21-9-6-7-10-21;/h4,15H,1,5-14H2,2-3H3,(H,18,19);1H. The highest BCUT2D eigenvalue weighted by Gasteiger charge is 2.30. The number of piperazine rings is 1. The van der Waals surface area contributed by atoms with Crippen LogP contribution >= 0.6 is 24.0 Å². The van der Waals surface area contributed by atoms with Crippen LogP contribution in [0.3, 0.4) is 0 Å². The molecule has 0 aromatic rings. The van der Waals surface area contributed by atoms with Crippen LogP contribution in [0.25, 0.3) is 0 Å². The number of nitrogens with zero attached hydrogens (tertiary/aromatic N) is 4. The summed E-state index contributed by atoms with van der Waals surface area (Å²) in [5.74, 6) is 1.24. The van der Waals surface area contributed by atoms with Crippen LogP contribution in [0.2, 0.25) is 0 Å². The number of rotatable bonds is 5. The van der Waals surface area contributed by atoms with Crippen LogP contribution in [0.4, 0.5) is 0 Å². The van der Waals surface area contributed by atoms with Crippen molar-refractivity contribution in [3.63, 3.8) is 0 Å². The lowest BCUT2D eigenvalue weighted by molar-refractivity contribution is -0.135. The number of carbonyl (C=O) groups excluding carboxylic acids is 1. The summed E-state index contributed by atoms with van der Waals surface area (Å²) < 4.78 is 0. The molecule has 6 nitrogen and oxygen atoms in total. The second-order valence-electron chi connectivity index (χ2n) is 6.21. The van der Waals surface area contributed by atoms with E-state index in [1.54, 1.807) is 0 Å². The molecule has 0 aromatic heterocycles. The summed E-state index contributed by atoms with van der Waals surface area (Å²) in [4.78, 5) is 23.7. The maximum Gasteiger partial charge on any atom is 0.239 e. The summed E-state index contributed by atoms with van der Waals surface area (Å²) in [5.41, 5.74) is 0. The molecule has 138 valence electrons. The number of hydrogen-bond acceptors (Lipinski definition) is 3. The second-order valence-corrected chi connectivity index (χ2v) is 6.21. The highest BCUT2D eigenvalue weighted by molar-refractivity contribution is 14.0. The molecule has 2 aliphatic rings. The number of halogens is 1. The minimum absolute atomic E-state index is 0. The van der Waals surface area contributed by atoms with Crippen LogP contribution in [-0.4, -0.2) is 85.0 Å². The van der Waals surface area contributed by atoms with Gasteiger partial charge in [-0.3, -0.25) is 9.69 Å². The molecular weight excluding hydrogens is 417 g/mol. The third-order valence-electron chi connectivity index (χ3n) is 4.64. The number of likely N-dealkylation sites (tertiary alicyclic amines) is 1. The lowest BCUT2D eigenvalue weighted by Crippen LogP contribution is -2.57. The Bertz CT molecular complexity index is 429. The van der Waals surface area contributed by atoms with Gasteiger partial charge < -0.3 is 15.1 Å². The van der Waals surface area contributed by atoms with Crippen molar-refractivity contribution in [2.45, 2.75) is 32.7 Å². The maximum absolute atomic E-state index is 12.5. The van der Waals surface area contributed by atoms with Crippen LogP contribution in [0.5, 0.6) is 0 Å². The highest BCUT2D eigenvalue weighted by atomic mass is 127. The summed E-state index contributed by atoms with van der Waals surface area (Å²) in [7, 11) is 0. The zero-order valence-corrected chi connectivity index (χ0v) is 17.4. The Kier molecular flexibility index (Phi) is 9.65. The van der Waals surface area contributed by atoms with E-state index in [1.807, 2.05) is 17.9 Å². The third kappa shape index (κ3) is 5.61. The molecule has 0 aliphatic carbocycles. The molecule has 2 saturated heterocycles. The average Bonchev–Trinajstić information content (AvgIpc) is 3.12. The van der Waals surface area contributed by atoms with Gasteiger partial charge in [0, 0.05) is 45.8 Å². The fourth-order valence-electron chi connectivity index (χ4n) is 3.26. The molecular formula is C17H32IN5O. The van der Waals surface area contributed by atoms with Crippen LogP contribution in [-0.2, 0) is 4.79 Å². The van der Waals surface area contributed by atoms with Gasteiger partial charge in [0.05, 0.1) is 12.6 Å². The number of carbonyl (C=O) groups is 1. The highest BCUT2D eigenvalue weighted by Crippen LogP contribution is 2.14. The van der Waals surface area contributed by atoms with Crippen molar-refractivity contribution < 1.29 is 4.79 Å². The van der Waals surface area contributed by atoms with E-state index in [0.29, 0.717) is 12.5 Å². The molecule has 1 N–H and O–H groups in total. The van der Waals surface area contributed by atoms with Crippen LogP contribution in [0.15, 0.2) is 17.6 Å². The van der Waals surface area contributed by atoms with Gasteiger partial charge in [-0.2, -0.15) is 0 Å². The fraction of sp³-hybridized carbons (Fsp3) is 0.765. The average molecular weight is 449 g/mol. The SMILES string of the molecule is C=CCN=C(NCC)N1CCN(C(C)C(=O)N2CCCC2)CC1.I. The minimum Gasteiger partial charge on any atom is -0.357 e. The molecule has 0 bridgehead atoms. The summed E-state index contributed by atoms with van der Waals surface area (Å²) in [5, 5.41) is 3.33. The second kappa shape index (κ2) is 10.9. The molecule has 0 saturated carbocycles. The van der Waals surface area contributed by atoms with Gasteiger partial charge >= 0.3 is 0 Å². The zero-order valence-electron chi connectivity index (χ0n) is 15.0. The molecule has 2 heterocycles. The van der Waals surface area contributed by atoms with Gasteiger partial charge in [0.25, 0.3) is 0 Å². The fourth-order valence-corrected chi connectivity index (χ4v) is 3.26. The molecule has 24 heavy (non-hydrogen) atoms. The summed E-state index contributed by atoms with van der Waals surface area (Å²) >= 11 is 0. The van der Waals surface area contributed by atoms with Crippen LogP contribution in [0, 0.1) is 0 Å². The number of nitrogens with one attached hydrogen (secondary N) is 1. The predicted molar refractivity (Wildman–Crippen MR) is 110 cm³/mol. The van der Waals surface area contributed by atoms with Gasteiger partial charge in [-0.05, 0) is 26.7 Å². The third-order valence-corrected chi connectivity index (χ3v) is 4.64. The van der Waals surface area contributed by atoms with E-state index in [1.165, 1.54) is 0 Å². The Labute approximate surface area is 163 Å². The van der Waals surface area contributed by atoms with Crippen molar-refractivity contribution >= 4 is 35.8 Å². The smallest absolute Gasteiger partial charge is 0.239 e. The number of amides is 1. The van der Waals surface area contributed by atoms with Gasteiger partial charge in [0.2, 0.25) is 5.91 Å². The van der Waals surface area contributed by atoms with Gasteiger partial charge in [0.15, 0.2) is 5.96 Å². The molecule has 0 aromatic carbocycles. The molecule has 0 spiro atoms. The van der Waals surface area contributed by atoms with Crippen molar-refractivity contribution in [3.05, 3.63) is 12.7 Å². The van der Waals surface area contributed by atoms with Gasteiger partial charge in [-0.25, -0.2) is 4.99 Å². The predicted octanol–water partition coefficient (Wildman–Crippen LogP) is 1.38. The van der Waals surface area contributed by atoms with E-state index in [0.717, 1.165) is 64.6 Å². The molecule has 0 radical (unpaired) electrons. The quantitative estimate of drug-likeness (QED) is 0.298. The van der Waals surface area contributed by atoms with Crippen molar-refractivity contribution in [3.8, 4) is 0 Å². The first-order valence-electron chi connectivity index (χ1n) is 8.84. The van der Waals surface area contributed by atoms with Crippen molar-refractivity contribution in [2.75, 3.05) is 52.4 Å². The Hall–Kier alpha value is -0.830. The zero-order chi connectivity index (χ0) is 16.7. The van der Waals surface area contributed by atoms with E-state index < -0.39 is 0 Å². The van der Waals surface area contributed by atoms with E-state index >= 15 is 0 Å². The van der Waals surface area contributed by atoms with Gasteiger partial charge in [0.1, 0.15) is 0 Å². The first-order chi connectivity index (χ1) is 11.2. The summed E-state index contributed by atoms with van der Waals surface area (Å²) in [6, 6.07) is -0.0112. The maximum atomic E-state index is 12.5. The number of guanidine groups is 1. The Balaban J connectivity index is 0.00000288. The number of aliphatic imine (C=N–C) groups is 1. The molecule has 2 fully saturated rings. The molecule has 1 amide bonds. The molecule has 2 rings (SSSR count). The van der Waals surface area contributed by atoms with E-state index in [-0.39, 0.29) is 30.0 Å². The number of hydrogen-bond donors (Lipinski definition) is 1. The van der Waals surface area contributed by atoms with E-state index in [2.05, 4.69) is 33.6 Å². The summed E-state index contributed by atoms with van der Waals surface area (Å²) in [6.07, 6.45) is 4.11. The summed E-state index contributed by atoms with van der Waals surface area (Å²) in [6.45, 7) is 14.8. The van der Waals surface area contributed by atoms with E-state index in [4.69, 9.17) is 0 Å². The molecule has 2 aliphatic heterocycles. The van der Waals surface area contributed by atoms with Gasteiger partial charge in [-0.1, -0.05) is 6.08 Å². The van der Waals surface area contributed by atoms with Crippen molar-refractivity contribution in [1.82, 2.24) is 20.0 Å². The Morgan fingerprint density at radius 3 is 2.33 bits per heavy atom. The Morgan fingerprint density at radius 2 is 1.79 bits per heavy atom.